The van der Waals surface area contributed by atoms with Crippen molar-refractivity contribution in [2.45, 2.75) is 27.1 Å². The highest BCUT2D eigenvalue weighted by Gasteiger charge is 2.22. The molecule has 0 spiro atoms. The fourth-order valence-electron chi connectivity index (χ4n) is 2.55. The van der Waals surface area contributed by atoms with Crippen LogP contribution in [0.4, 0.5) is 18.9 Å². The number of hydrogen-bond donors (Lipinski definition) is 1. The van der Waals surface area contributed by atoms with Gasteiger partial charge in [0.1, 0.15) is 29.7 Å². The Morgan fingerprint density at radius 1 is 1.17 bits per heavy atom. The molecule has 0 saturated carbocycles. The zero-order valence-electron chi connectivity index (χ0n) is 15.5. The highest BCUT2D eigenvalue weighted by molar-refractivity contribution is 6.04. The number of amides is 1. The third-order valence-corrected chi connectivity index (χ3v) is 4.00. The van der Waals surface area contributed by atoms with E-state index < -0.39 is 18.3 Å². The first-order valence-electron chi connectivity index (χ1n) is 8.54. The molecule has 0 fully saturated rings. The molecule has 0 aliphatic carbocycles. The molecule has 1 amide bonds. The number of rotatable bonds is 7. The van der Waals surface area contributed by atoms with Gasteiger partial charge in [-0.1, -0.05) is 11.2 Å². The number of ether oxygens (including phenoxy) is 2. The van der Waals surface area contributed by atoms with E-state index in [4.69, 9.17) is 9.26 Å². The SMILES string of the molecule is Cc1ccc(OC(F)F)c(NC(=O)c2noc(C)c2COc2ccc(F)cc2)c1. The molecule has 1 N–H and O–H groups in total. The molecule has 1 aromatic heterocycles. The molecule has 2 aromatic carbocycles. The summed E-state index contributed by atoms with van der Waals surface area (Å²) in [6.45, 7) is 0.245. The zero-order chi connectivity index (χ0) is 21.0. The minimum atomic E-state index is -3.04. The van der Waals surface area contributed by atoms with Crippen LogP contribution in [0.1, 0.15) is 27.4 Å². The number of carbonyl (C=O) groups is 1. The Morgan fingerprint density at radius 3 is 2.59 bits per heavy atom. The standard InChI is InChI=1S/C20H17F3N2O4/c1-11-3-8-17(28-20(22)23)16(9-11)24-19(26)18-15(12(2)29-25-18)10-27-14-6-4-13(21)5-7-14/h3-9,20H,10H2,1-2H3,(H,24,26). The summed E-state index contributed by atoms with van der Waals surface area (Å²) in [7, 11) is 0. The molecule has 0 aliphatic rings. The maximum absolute atomic E-state index is 13.0. The Bertz CT molecular complexity index is 1000. The molecule has 0 saturated heterocycles. The van der Waals surface area contributed by atoms with E-state index in [9.17, 15) is 18.0 Å². The summed E-state index contributed by atoms with van der Waals surface area (Å²) in [5.74, 6) is -0.513. The Hall–Kier alpha value is -3.49. The summed E-state index contributed by atoms with van der Waals surface area (Å²) in [5, 5.41) is 6.24. The first kappa shape index (κ1) is 20.2. The van der Waals surface area contributed by atoms with E-state index in [-0.39, 0.29) is 23.7 Å². The smallest absolute Gasteiger partial charge is 0.387 e. The lowest BCUT2D eigenvalue weighted by molar-refractivity contribution is -0.0493. The Labute approximate surface area is 164 Å². The predicted molar refractivity (Wildman–Crippen MR) is 97.7 cm³/mol. The van der Waals surface area contributed by atoms with E-state index in [1.54, 1.807) is 19.9 Å². The number of alkyl halides is 2. The van der Waals surface area contributed by atoms with E-state index in [1.807, 2.05) is 0 Å². The first-order chi connectivity index (χ1) is 13.8. The molecule has 0 bridgehead atoms. The maximum atomic E-state index is 13.0. The number of nitrogens with zero attached hydrogens (tertiary/aromatic N) is 1. The van der Waals surface area contributed by atoms with Gasteiger partial charge in [0, 0.05) is 0 Å². The number of nitrogens with one attached hydrogen (secondary N) is 1. The average Bonchev–Trinajstić information content (AvgIpc) is 3.04. The number of anilines is 1. The van der Waals surface area contributed by atoms with Crippen LogP contribution in [0.3, 0.4) is 0 Å². The fraction of sp³-hybridized carbons (Fsp3) is 0.200. The molecule has 6 nitrogen and oxygen atoms in total. The van der Waals surface area contributed by atoms with Crippen molar-refractivity contribution in [3.8, 4) is 11.5 Å². The van der Waals surface area contributed by atoms with Crippen molar-refractivity contribution in [3.05, 3.63) is 70.9 Å². The van der Waals surface area contributed by atoms with Crippen LogP contribution in [-0.2, 0) is 6.61 Å². The van der Waals surface area contributed by atoms with Gasteiger partial charge >= 0.3 is 6.61 Å². The van der Waals surface area contributed by atoms with Crippen LogP contribution in [0.15, 0.2) is 47.0 Å². The van der Waals surface area contributed by atoms with Crippen molar-refractivity contribution in [1.29, 1.82) is 0 Å². The lowest BCUT2D eigenvalue weighted by Gasteiger charge is -2.12. The van der Waals surface area contributed by atoms with Gasteiger partial charge in [0.15, 0.2) is 5.69 Å². The van der Waals surface area contributed by atoms with Crippen LogP contribution >= 0.6 is 0 Å². The van der Waals surface area contributed by atoms with E-state index >= 15 is 0 Å². The summed E-state index contributed by atoms with van der Waals surface area (Å²) in [6, 6.07) is 9.78. The number of hydrogen-bond acceptors (Lipinski definition) is 5. The molecule has 1 heterocycles. The largest absolute Gasteiger partial charge is 0.489 e. The lowest BCUT2D eigenvalue weighted by atomic mass is 10.1. The minimum Gasteiger partial charge on any atom is -0.489 e. The van der Waals surface area contributed by atoms with Gasteiger partial charge in [0.25, 0.3) is 5.91 Å². The molecular formula is C20H17F3N2O4. The van der Waals surface area contributed by atoms with Crippen molar-refractivity contribution in [2.75, 3.05) is 5.32 Å². The summed E-state index contributed by atoms with van der Waals surface area (Å²) in [6.07, 6.45) is 0. The number of halogens is 3. The molecule has 0 unspecified atom stereocenters. The van der Waals surface area contributed by atoms with Crippen LogP contribution < -0.4 is 14.8 Å². The summed E-state index contributed by atoms with van der Waals surface area (Å²) < 4.78 is 53.3. The topological polar surface area (TPSA) is 73.6 Å². The lowest BCUT2D eigenvalue weighted by Crippen LogP contribution is -2.17. The number of aryl methyl sites for hydroxylation is 2. The van der Waals surface area contributed by atoms with Crippen molar-refractivity contribution in [1.82, 2.24) is 5.16 Å². The van der Waals surface area contributed by atoms with Gasteiger partial charge in [0.05, 0.1) is 11.3 Å². The highest BCUT2D eigenvalue weighted by Crippen LogP contribution is 2.28. The zero-order valence-corrected chi connectivity index (χ0v) is 15.5. The van der Waals surface area contributed by atoms with Gasteiger partial charge in [-0.3, -0.25) is 4.79 Å². The third-order valence-electron chi connectivity index (χ3n) is 4.00. The molecule has 9 heteroatoms. The number of aromatic nitrogens is 1. The second-order valence-electron chi connectivity index (χ2n) is 6.14. The van der Waals surface area contributed by atoms with Crippen molar-refractivity contribution < 1.29 is 32.0 Å². The predicted octanol–water partition coefficient (Wildman–Crippen LogP) is 4.86. The van der Waals surface area contributed by atoms with Crippen LogP contribution in [0.2, 0.25) is 0 Å². The van der Waals surface area contributed by atoms with E-state index in [0.717, 1.165) is 5.56 Å². The molecule has 29 heavy (non-hydrogen) atoms. The fourth-order valence-corrected chi connectivity index (χ4v) is 2.55. The van der Waals surface area contributed by atoms with Crippen molar-refractivity contribution in [3.63, 3.8) is 0 Å². The third kappa shape index (κ3) is 5.07. The second-order valence-corrected chi connectivity index (χ2v) is 6.14. The van der Waals surface area contributed by atoms with E-state index in [1.165, 1.54) is 36.4 Å². The summed E-state index contributed by atoms with van der Waals surface area (Å²) in [5.41, 5.74) is 1.12. The van der Waals surface area contributed by atoms with Crippen LogP contribution in [-0.4, -0.2) is 17.7 Å². The maximum Gasteiger partial charge on any atom is 0.387 e. The normalized spacial score (nSPS) is 10.8. The quantitative estimate of drug-likeness (QED) is 0.606. The summed E-state index contributed by atoms with van der Waals surface area (Å²) in [4.78, 5) is 12.7. The van der Waals surface area contributed by atoms with Gasteiger partial charge in [0.2, 0.25) is 0 Å². The van der Waals surface area contributed by atoms with Crippen LogP contribution in [0, 0.1) is 19.7 Å². The monoisotopic (exact) mass is 406 g/mol. The second kappa shape index (κ2) is 8.68. The van der Waals surface area contributed by atoms with Crippen molar-refractivity contribution >= 4 is 11.6 Å². The van der Waals surface area contributed by atoms with Gasteiger partial charge in [-0.05, 0) is 55.8 Å². The summed E-state index contributed by atoms with van der Waals surface area (Å²) >= 11 is 0. The van der Waals surface area contributed by atoms with Crippen LogP contribution in [0.25, 0.3) is 0 Å². The highest BCUT2D eigenvalue weighted by atomic mass is 19.3. The Balaban J connectivity index is 1.78. The molecule has 0 radical (unpaired) electrons. The number of benzene rings is 2. The number of carbonyl (C=O) groups excluding carboxylic acids is 1. The molecule has 3 aromatic rings. The molecule has 152 valence electrons. The van der Waals surface area contributed by atoms with E-state index in [0.29, 0.717) is 17.1 Å². The first-order valence-corrected chi connectivity index (χ1v) is 8.54. The van der Waals surface area contributed by atoms with Gasteiger partial charge in [-0.2, -0.15) is 8.78 Å². The molecule has 0 aliphatic heterocycles. The van der Waals surface area contributed by atoms with Crippen molar-refractivity contribution in [2.24, 2.45) is 0 Å². The Kier molecular flexibility index (Phi) is 6.06. The van der Waals surface area contributed by atoms with Gasteiger partial charge in [-0.25, -0.2) is 4.39 Å². The minimum absolute atomic E-state index is 0.0576. The molecule has 3 rings (SSSR count). The van der Waals surface area contributed by atoms with Crippen LogP contribution in [0.5, 0.6) is 11.5 Å². The molecule has 0 atom stereocenters. The average molecular weight is 406 g/mol. The van der Waals surface area contributed by atoms with E-state index in [2.05, 4.69) is 15.2 Å². The van der Waals surface area contributed by atoms with Gasteiger partial charge in [-0.15, -0.1) is 0 Å². The Morgan fingerprint density at radius 2 is 1.90 bits per heavy atom. The van der Waals surface area contributed by atoms with Gasteiger partial charge < -0.3 is 19.3 Å². The molecular weight excluding hydrogens is 389 g/mol.